The molecule has 3 unspecified atom stereocenters. The smallest absolute Gasteiger partial charge is 0.372 e. The molecule has 2 heterocycles. The van der Waals surface area contributed by atoms with Gasteiger partial charge in [0.25, 0.3) is 0 Å². The Labute approximate surface area is 342 Å². The Morgan fingerprint density at radius 1 is 0.561 bits per heavy atom. The van der Waals surface area contributed by atoms with E-state index in [1.54, 1.807) is 0 Å². The van der Waals surface area contributed by atoms with Gasteiger partial charge in [0, 0.05) is 102 Å². The maximum absolute atomic E-state index is 11.2. The fourth-order valence-corrected chi connectivity index (χ4v) is 24.3. The Bertz CT molecular complexity index is 1860. The quantitative estimate of drug-likeness (QED) is 0.0784. The number of nitrogens with zero attached hydrogens (tertiary/aromatic N) is 3. The van der Waals surface area contributed by atoms with Crippen LogP contribution in [0.3, 0.4) is 0 Å². The molecule has 0 amide bonds. The number of rotatable bonds is 19. The Morgan fingerprint density at radius 3 is 1.60 bits per heavy atom. The van der Waals surface area contributed by atoms with Gasteiger partial charge in [0.2, 0.25) is 0 Å². The van der Waals surface area contributed by atoms with Crippen molar-refractivity contribution in [2.75, 3.05) is 82.4 Å². The summed E-state index contributed by atoms with van der Waals surface area (Å²) >= 11 is 0. The number of hydrogen-bond donors (Lipinski definition) is 1. The van der Waals surface area contributed by atoms with Crippen LogP contribution in [0.2, 0.25) is 6.04 Å². The first kappa shape index (κ1) is 43.6. The van der Waals surface area contributed by atoms with Crippen molar-refractivity contribution < 1.29 is 43.1 Å². The van der Waals surface area contributed by atoms with Gasteiger partial charge in [0.05, 0.1) is 0 Å². The molecule has 4 aromatic carbocycles. The van der Waals surface area contributed by atoms with Crippen molar-refractivity contribution in [2.24, 2.45) is 0 Å². The van der Waals surface area contributed by atoms with Crippen molar-refractivity contribution >= 4 is 63.8 Å². The van der Waals surface area contributed by atoms with Gasteiger partial charge in [-0.3, -0.25) is 0 Å². The van der Waals surface area contributed by atoms with Crippen LogP contribution >= 0.6 is 0 Å². The number of hydrogen-bond acceptors (Lipinski definition) is 13. The second-order valence-corrected chi connectivity index (χ2v) is 24.5. The lowest BCUT2D eigenvalue weighted by Crippen LogP contribution is -2.82. The van der Waals surface area contributed by atoms with Crippen LogP contribution in [-0.2, 0) is 38.3 Å². The Kier molecular flexibility index (Phi) is 14.2. The SMILES string of the molecule is CCN(CC)c1ccc(C(c2ccc(N(CC)CC)cc2)c2ccc(N(CC)CCC[Si]34O[Si](O)(OC)O[Si](OC)(O3)O[Si](OC)(OC)O4)c3ccccc23)cc1. The highest BCUT2D eigenvalue weighted by Crippen LogP contribution is 2.43. The van der Waals surface area contributed by atoms with Gasteiger partial charge >= 0.3 is 35.9 Å². The maximum Gasteiger partial charge on any atom is 0.665 e. The number of anilines is 3. The predicted octanol–water partition coefficient (Wildman–Crippen LogP) is 6.86. The summed E-state index contributed by atoms with van der Waals surface area (Å²) in [4.78, 5) is 18.3. The highest BCUT2D eigenvalue weighted by Gasteiger charge is 2.79. The summed E-state index contributed by atoms with van der Waals surface area (Å²) in [5.74, 6) is 0.00837. The maximum atomic E-state index is 11.2. The van der Waals surface area contributed by atoms with Crippen LogP contribution in [0.5, 0.6) is 0 Å². The summed E-state index contributed by atoms with van der Waals surface area (Å²) in [5.41, 5.74) is 7.30. The number of benzene rings is 4. The van der Waals surface area contributed by atoms with E-state index >= 15 is 0 Å². The van der Waals surface area contributed by atoms with Crippen molar-refractivity contribution in [1.82, 2.24) is 0 Å². The molecule has 0 aliphatic carbocycles. The molecular formula is C40H59N3O10Si4. The molecule has 1 N–H and O–H groups in total. The molecule has 0 aromatic heterocycles. The van der Waals surface area contributed by atoms with Gasteiger partial charge in [0.1, 0.15) is 0 Å². The molecule has 2 aliphatic rings. The summed E-state index contributed by atoms with van der Waals surface area (Å²) in [6.07, 6.45) is 0.580. The lowest BCUT2D eigenvalue weighted by atomic mass is 9.82. The topological polar surface area (TPSA) is 113 Å². The minimum absolute atomic E-state index is 0.00837. The van der Waals surface area contributed by atoms with Crippen molar-refractivity contribution in [3.05, 3.63) is 102 Å². The van der Waals surface area contributed by atoms with Crippen molar-refractivity contribution in [1.29, 1.82) is 0 Å². The molecule has 13 nitrogen and oxygen atoms in total. The Balaban J connectivity index is 1.34. The van der Waals surface area contributed by atoms with Crippen molar-refractivity contribution in [3.63, 3.8) is 0 Å². The molecule has 57 heavy (non-hydrogen) atoms. The molecule has 2 bridgehead atoms. The molecule has 0 saturated carbocycles. The first-order chi connectivity index (χ1) is 27.5. The molecule has 2 saturated heterocycles. The number of fused-ring (bicyclic) bond motifs is 3. The molecule has 3 atom stereocenters. The van der Waals surface area contributed by atoms with Gasteiger partial charge in [-0.15, -0.1) is 0 Å². The zero-order chi connectivity index (χ0) is 40.8. The van der Waals surface area contributed by atoms with E-state index in [1.165, 1.54) is 61.9 Å². The monoisotopic (exact) mass is 853 g/mol. The minimum atomic E-state index is -4.23. The summed E-state index contributed by atoms with van der Waals surface area (Å²) in [7, 11) is -10.2. The van der Waals surface area contributed by atoms with Crippen molar-refractivity contribution in [2.45, 2.75) is 53.0 Å². The molecule has 0 radical (unpaired) electrons. The van der Waals surface area contributed by atoms with E-state index in [0.29, 0.717) is 19.0 Å². The molecule has 2 fully saturated rings. The van der Waals surface area contributed by atoms with Gasteiger partial charge in [-0.25, -0.2) is 0 Å². The predicted molar refractivity (Wildman–Crippen MR) is 231 cm³/mol. The van der Waals surface area contributed by atoms with Crippen LogP contribution in [0.1, 0.15) is 63.6 Å². The van der Waals surface area contributed by atoms with Gasteiger partial charge in [-0.2, -0.15) is 0 Å². The normalized spacial score (nSPS) is 22.9. The zero-order valence-electron chi connectivity index (χ0n) is 34.8. The highest BCUT2D eigenvalue weighted by molar-refractivity contribution is 6.92. The van der Waals surface area contributed by atoms with E-state index in [9.17, 15) is 4.80 Å². The van der Waals surface area contributed by atoms with E-state index in [0.717, 1.165) is 43.8 Å². The highest BCUT2D eigenvalue weighted by atomic mass is 28.6. The lowest BCUT2D eigenvalue weighted by Gasteiger charge is -2.51. The Hall–Kier alpha value is -2.99. The molecule has 4 aromatic rings. The van der Waals surface area contributed by atoms with E-state index in [-0.39, 0.29) is 5.92 Å². The summed E-state index contributed by atoms with van der Waals surface area (Å²) < 4.78 is 52.8. The Morgan fingerprint density at radius 2 is 1.11 bits per heavy atom. The summed E-state index contributed by atoms with van der Waals surface area (Å²) in [6, 6.07) is 31.7. The van der Waals surface area contributed by atoms with E-state index in [4.69, 9.17) is 38.3 Å². The summed E-state index contributed by atoms with van der Waals surface area (Å²) in [5, 5.41) is 2.36. The fraction of sp³-hybridized carbons (Fsp3) is 0.450. The molecule has 0 spiro atoms. The minimum Gasteiger partial charge on any atom is -0.372 e. The van der Waals surface area contributed by atoms with Crippen LogP contribution in [0, 0.1) is 0 Å². The lowest BCUT2D eigenvalue weighted by molar-refractivity contribution is -0.0912. The third-order valence-corrected chi connectivity index (χ3v) is 24.7. The van der Waals surface area contributed by atoms with E-state index in [1.807, 2.05) is 0 Å². The average molecular weight is 854 g/mol. The van der Waals surface area contributed by atoms with Crippen LogP contribution in [0.15, 0.2) is 84.9 Å². The summed E-state index contributed by atoms with van der Waals surface area (Å²) in [6.45, 7) is 16.2. The molecule has 310 valence electrons. The first-order valence-corrected chi connectivity index (χ1v) is 26.8. The molecular weight excluding hydrogens is 795 g/mol. The third kappa shape index (κ3) is 8.97. The standard InChI is InChI=1S/C40H59N3O10Si4/c1-10-41(11-2)34-24-20-32(21-25-34)40(33-22-26-35(27-23-33)42(12-3)13-4)38-28-29-39(37-19-16-15-18-36(37)38)43(14-5)30-17-31-54-49-55(44,45-6)52-57(48-9,51-54)53-56(46-7,47-8)50-54/h15-16,18-29,40,44H,10-14,17,30-31H2,1-9H3. The third-order valence-electron chi connectivity index (χ3n) is 10.9. The van der Waals surface area contributed by atoms with Gasteiger partial charge < -0.3 is 57.8 Å². The molecule has 17 heteroatoms. The average Bonchev–Trinajstić information content (AvgIpc) is 3.24. The largest absolute Gasteiger partial charge is 0.665 e. The second kappa shape index (κ2) is 18.5. The van der Waals surface area contributed by atoms with Gasteiger partial charge in [-0.05, 0) is 93.4 Å². The van der Waals surface area contributed by atoms with Crippen LogP contribution in [-0.4, -0.2) is 108 Å². The molecule has 2 aliphatic heterocycles. The zero-order valence-corrected chi connectivity index (χ0v) is 38.8. The van der Waals surface area contributed by atoms with Gasteiger partial charge in [0.15, 0.2) is 0 Å². The fourth-order valence-electron chi connectivity index (χ4n) is 7.92. The molecule has 6 rings (SSSR count). The van der Waals surface area contributed by atoms with Crippen LogP contribution in [0.4, 0.5) is 17.1 Å². The second-order valence-electron chi connectivity index (χ2n) is 13.9. The van der Waals surface area contributed by atoms with Gasteiger partial charge in [-0.1, -0.05) is 54.6 Å². The van der Waals surface area contributed by atoms with E-state index in [2.05, 4.69) is 134 Å². The van der Waals surface area contributed by atoms with Crippen LogP contribution < -0.4 is 14.7 Å². The van der Waals surface area contributed by atoms with E-state index < -0.39 is 35.9 Å². The first-order valence-electron chi connectivity index (χ1n) is 19.9. The van der Waals surface area contributed by atoms with Crippen molar-refractivity contribution in [3.8, 4) is 0 Å². The van der Waals surface area contributed by atoms with Crippen LogP contribution in [0.25, 0.3) is 10.8 Å².